The number of hydrogen-bond acceptors (Lipinski definition) is 3. The predicted octanol–water partition coefficient (Wildman–Crippen LogP) is 4.00. The molecule has 1 unspecified atom stereocenters. The molecule has 0 fully saturated rings. The van der Waals surface area contributed by atoms with E-state index >= 15 is 0 Å². The topological polar surface area (TPSA) is 38.9 Å². The molecule has 0 bridgehead atoms. The lowest BCUT2D eigenvalue weighted by Gasteiger charge is -2.13. The quantitative estimate of drug-likeness (QED) is 0.767. The van der Waals surface area contributed by atoms with Crippen LogP contribution in [0.2, 0.25) is 5.02 Å². The summed E-state index contributed by atoms with van der Waals surface area (Å²) in [6.07, 6.45) is 1.72. The van der Waals surface area contributed by atoms with E-state index < -0.39 is 0 Å². The summed E-state index contributed by atoms with van der Waals surface area (Å²) in [7, 11) is 0. The second kappa shape index (κ2) is 4.69. The van der Waals surface area contributed by atoms with Crippen molar-refractivity contribution in [3.8, 4) is 0 Å². The van der Waals surface area contributed by atoms with Gasteiger partial charge in [0.2, 0.25) is 0 Å². The molecule has 0 aliphatic carbocycles. The number of hydrogen-bond donors (Lipinski definition) is 1. The minimum atomic E-state index is -0.291. The molecule has 1 aromatic carbocycles. The lowest BCUT2D eigenvalue weighted by Crippen LogP contribution is -2.14. The summed E-state index contributed by atoms with van der Waals surface area (Å²) in [6, 6.07) is 11.6. The summed E-state index contributed by atoms with van der Waals surface area (Å²) in [4.78, 5) is 4.29. The molecule has 0 radical (unpaired) electrons. The van der Waals surface area contributed by atoms with Gasteiger partial charge in [-0.1, -0.05) is 29.8 Å². The molecule has 3 rings (SSSR count). The van der Waals surface area contributed by atoms with Crippen molar-refractivity contribution < 1.29 is 0 Å². The Morgan fingerprint density at radius 2 is 2.06 bits per heavy atom. The van der Waals surface area contributed by atoms with Gasteiger partial charge in [-0.2, -0.15) is 0 Å². The third-order valence-electron chi connectivity index (χ3n) is 2.93. The van der Waals surface area contributed by atoms with Crippen LogP contribution in [0.4, 0.5) is 0 Å². The van der Waals surface area contributed by atoms with Crippen molar-refractivity contribution in [1.29, 1.82) is 0 Å². The van der Waals surface area contributed by atoms with Crippen LogP contribution < -0.4 is 5.73 Å². The molecular weight excluding hydrogens is 264 g/mol. The normalized spacial score (nSPS) is 12.8. The number of thiophene rings is 1. The standard InChI is InChI=1S/C14H11ClN2S/c15-11-5-2-7-17-13(11)12(16)10-4-1-3-9-6-8-18-14(9)10/h1-8,12H,16H2. The number of fused-ring (bicyclic) bond motifs is 1. The maximum Gasteiger partial charge on any atom is 0.0802 e. The van der Waals surface area contributed by atoms with Gasteiger partial charge in [-0.15, -0.1) is 11.3 Å². The number of nitrogens with two attached hydrogens (primary N) is 1. The lowest BCUT2D eigenvalue weighted by molar-refractivity contribution is 0.838. The molecule has 0 aliphatic rings. The highest BCUT2D eigenvalue weighted by molar-refractivity contribution is 7.17. The van der Waals surface area contributed by atoms with Gasteiger partial charge in [-0.25, -0.2) is 0 Å². The zero-order chi connectivity index (χ0) is 12.5. The van der Waals surface area contributed by atoms with Crippen LogP contribution in [-0.2, 0) is 0 Å². The van der Waals surface area contributed by atoms with E-state index in [1.807, 2.05) is 24.3 Å². The first-order valence-corrected chi connectivity index (χ1v) is 6.85. The monoisotopic (exact) mass is 274 g/mol. The highest BCUT2D eigenvalue weighted by atomic mass is 35.5. The molecule has 3 aromatic rings. The van der Waals surface area contributed by atoms with Crippen LogP contribution in [0.5, 0.6) is 0 Å². The molecule has 1 atom stereocenters. The molecular formula is C14H11ClN2S. The Kier molecular flexibility index (Phi) is 3.04. The summed E-state index contributed by atoms with van der Waals surface area (Å²) in [6.45, 7) is 0. The van der Waals surface area contributed by atoms with Crippen molar-refractivity contribution in [2.45, 2.75) is 6.04 Å². The summed E-state index contributed by atoms with van der Waals surface area (Å²) >= 11 is 7.85. The smallest absolute Gasteiger partial charge is 0.0802 e. The largest absolute Gasteiger partial charge is 0.319 e. The van der Waals surface area contributed by atoms with Gasteiger partial charge in [-0.05, 0) is 34.5 Å². The summed E-state index contributed by atoms with van der Waals surface area (Å²) < 4.78 is 1.20. The van der Waals surface area contributed by atoms with E-state index in [1.165, 1.54) is 10.1 Å². The Bertz CT molecular complexity index is 693. The molecule has 4 heteroatoms. The number of nitrogens with zero attached hydrogens (tertiary/aromatic N) is 1. The SMILES string of the molecule is NC(c1ncccc1Cl)c1cccc2ccsc12. The molecule has 0 saturated heterocycles. The van der Waals surface area contributed by atoms with E-state index in [1.54, 1.807) is 17.5 Å². The fourth-order valence-electron chi connectivity index (χ4n) is 2.04. The van der Waals surface area contributed by atoms with E-state index in [-0.39, 0.29) is 6.04 Å². The average molecular weight is 275 g/mol. The molecule has 18 heavy (non-hydrogen) atoms. The third kappa shape index (κ3) is 1.90. The fraction of sp³-hybridized carbons (Fsp3) is 0.0714. The van der Waals surface area contributed by atoms with Crippen molar-refractivity contribution in [2.75, 3.05) is 0 Å². The maximum absolute atomic E-state index is 6.30. The third-order valence-corrected chi connectivity index (χ3v) is 4.22. The zero-order valence-electron chi connectivity index (χ0n) is 9.51. The zero-order valence-corrected chi connectivity index (χ0v) is 11.1. The van der Waals surface area contributed by atoms with Crippen LogP contribution in [0.25, 0.3) is 10.1 Å². The van der Waals surface area contributed by atoms with Gasteiger partial charge in [0.05, 0.1) is 16.8 Å². The van der Waals surface area contributed by atoms with Crippen molar-refractivity contribution >= 4 is 33.0 Å². The van der Waals surface area contributed by atoms with Gasteiger partial charge in [0.25, 0.3) is 0 Å². The molecule has 0 spiro atoms. The highest BCUT2D eigenvalue weighted by Crippen LogP contribution is 2.32. The van der Waals surface area contributed by atoms with Crippen LogP contribution in [-0.4, -0.2) is 4.98 Å². The summed E-state index contributed by atoms with van der Waals surface area (Å²) in [5, 5.41) is 3.89. The molecule has 2 heterocycles. The van der Waals surface area contributed by atoms with E-state index in [0.717, 1.165) is 11.3 Å². The second-order valence-electron chi connectivity index (χ2n) is 4.03. The Morgan fingerprint density at radius 3 is 2.89 bits per heavy atom. The molecule has 0 aliphatic heterocycles. The first kappa shape index (κ1) is 11.7. The number of pyridine rings is 1. The highest BCUT2D eigenvalue weighted by Gasteiger charge is 2.16. The van der Waals surface area contributed by atoms with E-state index in [0.29, 0.717) is 5.02 Å². The van der Waals surface area contributed by atoms with Crippen LogP contribution in [0.3, 0.4) is 0 Å². The van der Waals surface area contributed by atoms with E-state index in [2.05, 4.69) is 22.5 Å². The summed E-state index contributed by atoms with van der Waals surface area (Å²) in [5.74, 6) is 0. The predicted molar refractivity (Wildman–Crippen MR) is 77.1 cm³/mol. The van der Waals surface area contributed by atoms with Gasteiger partial charge >= 0.3 is 0 Å². The first-order chi connectivity index (χ1) is 8.77. The Labute approximate surface area is 114 Å². The average Bonchev–Trinajstić information content (AvgIpc) is 2.86. The first-order valence-electron chi connectivity index (χ1n) is 5.59. The number of rotatable bonds is 2. The number of benzene rings is 1. The molecule has 2 N–H and O–H groups in total. The van der Waals surface area contributed by atoms with Crippen molar-refractivity contribution in [3.05, 3.63) is 64.3 Å². The molecule has 2 nitrogen and oxygen atoms in total. The Hall–Kier alpha value is -1.42. The minimum Gasteiger partial charge on any atom is -0.319 e. The minimum absolute atomic E-state index is 0.291. The van der Waals surface area contributed by atoms with Gasteiger partial charge in [-0.3, -0.25) is 4.98 Å². The van der Waals surface area contributed by atoms with Gasteiger partial charge in [0, 0.05) is 10.9 Å². The number of aromatic nitrogens is 1. The van der Waals surface area contributed by atoms with Crippen molar-refractivity contribution in [2.24, 2.45) is 5.73 Å². The molecule has 2 aromatic heterocycles. The maximum atomic E-state index is 6.30. The second-order valence-corrected chi connectivity index (χ2v) is 5.36. The molecule has 90 valence electrons. The Balaban J connectivity index is 2.15. The van der Waals surface area contributed by atoms with Crippen molar-refractivity contribution in [3.63, 3.8) is 0 Å². The number of halogens is 1. The Morgan fingerprint density at radius 1 is 1.17 bits per heavy atom. The van der Waals surface area contributed by atoms with Crippen LogP contribution in [0.15, 0.2) is 48.0 Å². The van der Waals surface area contributed by atoms with E-state index in [9.17, 15) is 0 Å². The van der Waals surface area contributed by atoms with Gasteiger partial charge < -0.3 is 5.73 Å². The molecule has 0 saturated carbocycles. The fourth-order valence-corrected chi connectivity index (χ4v) is 3.23. The van der Waals surface area contributed by atoms with Crippen molar-refractivity contribution in [1.82, 2.24) is 4.98 Å². The molecule has 0 amide bonds. The van der Waals surface area contributed by atoms with Crippen LogP contribution >= 0.6 is 22.9 Å². The lowest BCUT2D eigenvalue weighted by atomic mass is 10.0. The van der Waals surface area contributed by atoms with Gasteiger partial charge in [0.1, 0.15) is 0 Å². The summed E-state index contributed by atoms with van der Waals surface area (Å²) in [5.41, 5.74) is 8.10. The van der Waals surface area contributed by atoms with E-state index in [4.69, 9.17) is 17.3 Å². The van der Waals surface area contributed by atoms with Crippen LogP contribution in [0, 0.1) is 0 Å². The van der Waals surface area contributed by atoms with Gasteiger partial charge in [0.15, 0.2) is 0 Å². The van der Waals surface area contributed by atoms with Crippen LogP contribution in [0.1, 0.15) is 17.3 Å².